The maximum Gasteiger partial charge on any atom is 0.108 e. The van der Waals surface area contributed by atoms with Gasteiger partial charge in [-0.05, 0) is 41.8 Å². The average molecular weight is 1040 g/mol. The molecule has 0 heterocycles. The Morgan fingerprint density at radius 1 is 0.135 bits per heavy atom. The Morgan fingerprint density at radius 3 is 0.297 bits per heavy atom. The summed E-state index contributed by atoms with van der Waals surface area (Å²) >= 11 is 0. The topological polar surface area (TPSA) is 911 Å². The minimum absolute atomic E-state index is 1.24. The fourth-order valence-electron chi connectivity index (χ4n) is 1.27. The van der Waals surface area contributed by atoms with E-state index in [1.165, 1.54) is 7.11 Å². The second kappa shape index (κ2) is 58.4. The molecule has 0 rings (SSSR count). The lowest BCUT2D eigenvalue weighted by Crippen LogP contribution is -1.59. The third kappa shape index (κ3) is 57.4. The molecule has 1 N–H and O–H groups in total. The van der Waals surface area contributed by atoms with Gasteiger partial charge >= 0.3 is 0 Å². The maximum atomic E-state index is 6.26. The molecule has 0 aliphatic heterocycles. The first-order chi connectivity index (χ1) is 36.9. The van der Waals surface area contributed by atoms with Crippen molar-refractivity contribution in [3.8, 4) is 0 Å². The van der Waals surface area contributed by atoms with Crippen LogP contribution in [0.2, 0.25) is 0 Å². The number of nitrogens with one attached hydrogen (secondary N) is 1. The van der Waals surface area contributed by atoms with E-state index in [4.69, 9.17) is 5.53 Å². The molecule has 0 aromatic heterocycles. The van der Waals surface area contributed by atoms with Crippen LogP contribution in [-0.4, -0.2) is 7.11 Å². The summed E-state index contributed by atoms with van der Waals surface area (Å²) in [6.07, 6.45) is 0. The first kappa shape index (κ1) is 59.4. The monoisotopic (exact) mass is 1040 g/mol. The molecule has 0 aromatic carbocycles. The predicted molar refractivity (Wildman–Crippen MR) is 182 cm³/mol. The zero-order chi connectivity index (χ0) is 52.9. The highest BCUT2D eigenvalue weighted by Gasteiger charge is 1.77. The molecule has 74 heavy (non-hydrogen) atoms. The van der Waals surface area contributed by atoms with Gasteiger partial charge in [-0.25, -0.2) is 0 Å². The van der Waals surface area contributed by atoms with E-state index in [1.807, 2.05) is 0 Å². The van der Waals surface area contributed by atoms with Gasteiger partial charge in [-0.2, -0.15) is 5.53 Å². The van der Waals surface area contributed by atoms with Crippen LogP contribution < -0.4 is 0 Å². The molecule has 0 spiro atoms. The molecule has 0 amide bonds. The molecule has 0 fully saturated rings. The highest BCUT2D eigenvalue weighted by Crippen LogP contribution is 1.96. The lowest BCUT2D eigenvalue weighted by atomic mass is 11.7. The fourth-order valence-corrected chi connectivity index (χ4v) is 1.27. The molecular weight excluding hydrogens is 1040 g/mol. The SMILES string of the molecule is CON=NN=NN=NN=NN=NN=NN=NN=NN=NN=NN=NN=NN=NN=NN=NN=NN=NN=NN=NN=NN=NN=NN=NN=NN=NN=NN=NN=NN=NN=NN=NN=NN=NN=NN=NN=N. The van der Waals surface area contributed by atoms with E-state index in [-0.39, 0.29) is 0 Å². The molecule has 0 aliphatic carbocycles. The van der Waals surface area contributed by atoms with Gasteiger partial charge in [-0.3, -0.25) is 0 Å². The minimum Gasteiger partial charge on any atom is -0.381 e. The molecule has 374 valence electrons. The Morgan fingerprint density at radius 2 is 0.216 bits per heavy atom. The number of hydrogen-bond acceptors (Lipinski definition) is 3. The summed E-state index contributed by atoms with van der Waals surface area (Å²) in [6.45, 7) is 0. The summed E-state index contributed by atoms with van der Waals surface area (Å²) in [5.74, 6) is 0. The van der Waals surface area contributed by atoms with E-state index < -0.39 is 0 Å². The van der Waals surface area contributed by atoms with Gasteiger partial charge in [0.1, 0.15) is 7.11 Å². The first-order valence-corrected chi connectivity index (χ1v) is 14.8. The average Bonchev–Trinajstić information content (AvgIpc) is 3.41. The molecular formula is CH4N72O. The molecule has 0 aliphatic rings. The Hall–Kier alpha value is -14.6. The Labute approximate surface area is 389 Å². The Bertz CT molecular complexity index is 2550. The largest absolute Gasteiger partial charge is 0.381 e. The zero-order valence-corrected chi connectivity index (χ0v) is 33.7. The lowest BCUT2D eigenvalue weighted by molar-refractivity contribution is 0.185. The van der Waals surface area contributed by atoms with Gasteiger partial charge in [0.05, 0.1) is 0 Å². The minimum atomic E-state index is 1.24. The van der Waals surface area contributed by atoms with Gasteiger partial charge in [0.25, 0.3) is 0 Å². The normalized spacial score (nSPS) is 15.4. The third-order valence-corrected chi connectivity index (χ3v) is 2.88. The Kier molecular flexibility index (Phi) is 46.9. The zero-order valence-electron chi connectivity index (χ0n) is 33.7. The molecule has 73 heteroatoms. The third-order valence-electron chi connectivity index (χ3n) is 2.88. The standard InChI is InChI=1S/CH4N72O/c1-74-73-72-71-70-69-68-67-66-65-64-63-62-61-60-59-58-57-56-55-54-53-52-51-50-49-48-47-46-45-44-43-42-41-40-39-38-37-36-35-34-33-32-31-30-29-28-27-26-25-24-23-22-21-20-19-18-17-16-15-14-13-12-11-10-9-8-7-6-5-4-3-2/h2H,1H3. The second-order valence-electron chi connectivity index (χ2n) is 6.54. The van der Waals surface area contributed by atoms with Crippen molar-refractivity contribution in [2.24, 2.45) is 371 Å². The molecule has 0 saturated carbocycles. The van der Waals surface area contributed by atoms with Crippen molar-refractivity contribution in [1.29, 1.82) is 5.53 Å². The van der Waals surface area contributed by atoms with Crippen LogP contribution in [0.4, 0.5) is 0 Å². The molecule has 0 radical (unpaired) electrons. The highest BCUT2D eigenvalue weighted by atomic mass is 16.6. The van der Waals surface area contributed by atoms with Crippen LogP contribution in [0, 0.1) is 5.53 Å². The smallest absolute Gasteiger partial charge is 0.108 e. The van der Waals surface area contributed by atoms with Crippen molar-refractivity contribution >= 4 is 0 Å². The van der Waals surface area contributed by atoms with E-state index in [2.05, 4.69) is 376 Å². The van der Waals surface area contributed by atoms with Crippen molar-refractivity contribution in [3.63, 3.8) is 0 Å². The van der Waals surface area contributed by atoms with E-state index in [0.29, 0.717) is 0 Å². The quantitative estimate of drug-likeness (QED) is 0.0464. The maximum absolute atomic E-state index is 6.26. The molecule has 0 unspecified atom stereocenters. The van der Waals surface area contributed by atoms with Gasteiger partial charge in [0.2, 0.25) is 0 Å². The fraction of sp³-hybridized carbons (Fsp3) is 1.00. The van der Waals surface area contributed by atoms with Crippen molar-refractivity contribution in [2.45, 2.75) is 0 Å². The van der Waals surface area contributed by atoms with Gasteiger partial charge in [0, 0.05) is 329 Å². The lowest BCUT2D eigenvalue weighted by Gasteiger charge is -1.74. The van der Waals surface area contributed by atoms with E-state index in [0.717, 1.165) is 0 Å². The first-order valence-electron chi connectivity index (χ1n) is 14.8. The van der Waals surface area contributed by atoms with Crippen molar-refractivity contribution in [2.75, 3.05) is 7.11 Å². The molecule has 0 atom stereocenters. The van der Waals surface area contributed by atoms with Crippen LogP contribution in [0.1, 0.15) is 0 Å². The van der Waals surface area contributed by atoms with E-state index >= 15 is 0 Å². The summed E-state index contributed by atoms with van der Waals surface area (Å²) in [6, 6.07) is 0. The number of nitrogens with zero attached hydrogens (tertiary/aromatic N) is 71. The van der Waals surface area contributed by atoms with Gasteiger partial charge in [-0.15, -0.1) is 0 Å². The van der Waals surface area contributed by atoms with E-state index in [9.17, 15) is 0 Å². The van der Waals surface area contributed by atoms with Gasteiger partial charge < -0.3 is 4.84 Å². The van der Waals surface area contributed by atoms with Crippen LogP contribution in [0.5, 0.6) is 0 Å². The van der Waals surface area contributed by atoms with Gasteiger partial charge in [0.15, 0.2) is 0 Å². The Balaban J connectivity index is 4.10. The van der Waals surface area contributed by atoms with Crippen LogP contribution in [0.3, 0.4) is 0 Å². The van der Waals surface area contributed by atoms with Crippen LogP contribution in [0.25, 0.3) is 0 Å². The van der Waals surface area contributed by atoms with Crippen LogP contribution in [0.15, 0.2) is 371 Å². The summed E-state index contributed by atoms with van der Waals surface area (Å²) in [7, 11) is 1.24. The number of rotatable bonds is 36. The molecule has 0 saturated heterocycles. The molecule has 0 bridgehead atoms. The van der Waals surface area contributed by atoms with Gasteiger partial charge in [-0.1, -0.05) is 0 Å². The van der Waals surface area contributed by atoms with Crippen molar-refractivity contribution < 1.29 is 4.84 Å². The summed E-state index contributed by atoms with van der Waals surface area (Å²) < 4.78 is 0. The molecule has 0 aromatic rings. The van der Waals surface area contributed by atoms with E-state index in [1.54, 1.807) is 0 Å². The summed E-state index contributed by atoms with van der Waals surface area (Å²) in [4.78, 5) is 4.19. The summed E-state index contributed by atoms with van der Waals surface area (Å²) in [5.41, 5.74) is 6.26. The molecule has 73 nitrogen and oxygen atoms in total. The van der Waals surface area contributed by atoms with Crippen molar-refractivity contribution in [1.82, 2.24) is 0 Å². The van der Waals surface area contributed by atoms with Crippen molar-refractivity contribution in [3.05, 3.63) is 0 Å². The van der Waals surface area contributed by atoms with Crippen LogP contribution >= 0.6 is 0 Å². The summed E-state index contributed by atoms with van der Waals surface area (Å²) in [5, 5.41) is 212. The predicted octanol–water partition coefficient (Wildman–Crippen LogP) is 13.4. The number of hydrogen-bond donors (Lipinski definition) is 1. The second-order valence-corrected chi connectivity index (χ2v) is 6.54. The van der Waals surface area contributed by atoms with Crippen LogP contribution in [-0.2, 0) is 4.84 Å². The highest BCUT2D eigenvalue weighted by molar-refractivity contribution is 4.20.